The lowest BCUT2D eigenvalue weighted by Crippen LogP contribution is -2.34. The highest BCUT2D eigenvalue weighted by Crippen LogP contribution is 2.26. The molecule has 2 N–H and O–H groups in total. The normalized spacial score (nSPS) is 15.4. The number of aliphatic imine (C=N–C) groups is 1. The molecule has 4 nitrogen and oxygen atoms in total. The Morgan fingerprint density at radius 3 is 2.44 bits per heavy atom. The summed E-state index contributed by atoms with van der Waals surface area (Å²) in [6.45, 7) is 0.697. The topological polar surface area (TPSA) is 50.8 Å². The highest BCUT2D eigenvalue weighted by atomic mass is 32.2. The van der Waals surface area contributed by atoms with Crippen molar-refractivity contribution in [3.63, 3.8) is 0 Å². The molecule has 0 radical (unpaired) electrons. The van der Waals surface area contributed by atoms with E-state index in [1.165, 1.54) is 41.0 Å². The van der Waals surface area contributed by atoms with Gasteiger partial charge in [0.15, 0.2) is 5.17 Å². The number of amidine groups is 1. The molecule has 0 aromatic heterocycles. The van der Waals surface area contributed by atoms with Gasteiger partial charge in [0.25, 0.3) is 0 Å². The lowest BCUT2D eigenvalue weighted by molar-refractivity contribution is -0.274. The lowest BCUT2D eigenvalue weighted by atomic mass is 10.3. The van der Waals surface area contributed by atoms with Crippen LogP contribution in [-0.4, -0.2) is 23.8 Å². The number of rotatable bonds is 2. The van der Waals surface area contributed by atoms with Gasteiger partial charge in [-0.2, -0.15) is 0 Å². The number of halogens is 3. The van der Waals surface area contributed by atoms with E-state index in [1.54, 1.807) is 0 Å². The van der Waals surface area contributed by atoms with Crippen LogP contribution < -0.4 is 15.6 Å². The number of ether oxygens (including phenoxy) is 1. The van der Waals surface area contributed by atoms with Crippen LogP contribution in [0.25, 0.3) is 0 Å². The first kappa shape index (κ1) is 13.0. The highest BCUT2D eigenvalue weighted by Gasteiger charge is 2.31. The van der Waals surface area contributed by atoms with E-state index in [9.17, 15) is 13.2 Å². The molecule has 1 aromatic rings. The number of nitrogens with two attached hydrogens (primary N) is 1. The van der Waals surface area contributed by atoms with Crippen molar-refractivity contribution in [2.24, 2.45) is 10.8 Å². The van der Waals surface area contributed by atoms with Crippen molar-refractivity contribution in [3.8, 4) is 5.75 Å². The van der Waals surface area contributed by atoms with Gasteiger partial charge in [0, 0.05) is 5.75 Å². The van der Waals surface area contributed by atoms with E-state index in [0.29, 0.717) is 17.4 Å². The van der Waals surface area contributed by atoms with Crippen LogP contribution in [0.15, 0.2) is 29.3 Å². The van der Waals surface area contributed by atoms with Crippen molar-refractivity contribution >= 4 is 22.6 Å². The number of thioether (sulfide) groups is 1. The predicted molar refractivity (Wildman–Crippen MR) is 64.6 cm³/mol. The second-order valence-corrected chi connectivity index (χ2v) is 4.49. The standard InChI is InChI=1S/C10H10F3N3OS/c11-10(12,13)17-8-3-1-7(2-4-8)16(14)9-15-5-6-18-9/h1-4H,5-6,14H2. The molecule has 2 rings (SSSR count). The number of alkyl halides is 3. The van der Waals surface area contributed by atoms with Crippen LogP contribution in [0.1, 0.15) is 0 Å². The fourth-order valence-electron chi connectivity index (χ4n) is 1.39. The number of anilines is 1. The van der Waals surface area contributed by atoms with Crippen LogP contribution in [0, 0.1) is 0 Å². The summed E-state index contributed by atoms with van der Waals surface area (Å²) in [5.41, 5.74) is 0.553. The maximum absolute atomic E-state index is 12.0. The molecule has 98 valence electrons. The van der Waals surface area contributed by atoms with Gasteiger partial charge in [0.1, 0.15) is 5.75 Å². The van der Waals surface area contributed by atoms with Gasteiger partial charge in [-0.3, -0.25) is 10.0 Å². The Kier molecular flexibility index (Phi) is 3.67. The van der Waals surface area contributed by atoms with Gasteiger partial charge in [0.2, 0.25) is 0 Å². The molecule has 0 saturated carbocycles. The Morgan fingerprint density at radius 1 is 1.28 bits per heavy atom. The first-order chi connectivity index (χ1) is 8.46. The lowest BCUT2D eigenvalue weighted by Gasteiger charge is -2.18. The third kappa shape index (κ3) is 3.30. The summed E-state index contributed by atoms with van der Waals surface area (Å²) in [5, 5.41) is 1.99. The van der Waals surface area contributed by atoms with E-state index in [4.69, 9.17) is 5.84 Å². The molecule has 0 spiro atoms. The van der Waals surface area contributed by atoms with E-state index >= 15 is 0 Å². The zero-order valence-electron chi connectivity index (χ0n) is 9.15. The minimum Gasteiger partial charge on any atom is -0.406 e. The van der Waals surface area contributed by atoms with E-state index in [-0.39, 0.29) is 5.75 Å². The second kappa shape index (κ2) is 5.07. The summed E-state index contributed by atoms with van der Waals surface area (Å²) >= 11 is 1.50. The molecule has 1 heterocycles. The second-order valence-electron chi connectivity index (χ2n) is 3.42. The summed E-state index contributed by atoms with van der Waals surface area (Å²) in [6, 6.07) is 5.32. The molecule has 0 atom stereocenters. The van der Waals surface area contributed by atoms with Crippen molar-refractivity contribution in [1.82, 2.24) is 0 Å². The molecule has 1 aromatic carbocycles. The largest absolute Gasteiger partial charge is 0.573 e. The molecule has 8 heteroatoms. The van der Waals surface area contributed by atoms with E-state index < -0.39 is 6.36 Å². The van der Waals surface area contributed by atoms with Gasteiger partial charge in [-0.1, -0.05) is 11.8 Å². The SMILES string of the molecule is NN(C1=NCCS1)c1ccc(OC(F)(F)F)cc1. The first-order valence-corrected chi connectivity index (χ1v) is 6.02. The third-order valence-corrected chi connectivity index (χ3v) is 3.09. The van der Waals surface area contributed by atoms with Crippen LogP contribution in [0.3, 0.4) is 0 Å². The molecule has 0 amide bonds. The summed E-state index contributed by atoms with van der Waals surface area (Å²) in [5.74, 6) is 6.38. The third-order valence-electron chi connectivity index (χ3n) is 2.12. The molecule has 0 aliphatic carbocycles. The van der Waals surface area contributed by atoms with Crippen LogP contribution in [0.5, 0.6) is 5.75 Å². The van der Waals surface area contributed by atoms with Crippen molar-refractivity contribution in [2.45, 2.75) is 6.36 Å². The smallest absolute Gasteiger partial charge is 0.406 e. The predicted octanol–water partition coefficient (Wildman–Crippen LogP) is 2.37. The minimum atomic E-state index is -4.69. The summed E-state index contributed by atoms with van der Waals surface area (Å²) < 4.78 is 39.7. The van der Waals surface area contributed by atoms with E-state index in [0.717, 1.165) is 5.75 Å². The summed E-state index contributed by atoms with van der Waals surface area (Å²) in [7, 11) is 0. The van der Waals surface area contributed by atoms with Crippen LogP contribution in [-0.2, 0) is 0 Å². The fourth-order valence-corrected chi connectivity index (χ4v) is 2.18. The molecule has 1 aliphatic heterocycles. The monoisotopic (exact) mass is 277 g/mol. The molecule has 0 unspecified atom stereocenters. The average Bonchev–Trinajstić information content (AvgIpc) is 2.80. The van der Waals surface area contributed by atoms with Crippen molar-refractivity contribution in [3.05, 3.63) is 24.3 Å². The highest BCUT2D eigenvalue weighted by molar-refractivity contribution is 8.14. The Bertz CT molecular complexity index is 447. The van der Waals surface area contributed by atoms with Gasteiger partial charge in [0.05, 0.1) is 12.2 Å². The maximum atomic E-state index is 12.0. The maximum Gasteiger partial charge on any atom is 0.573 e. The van der Waals surface area contributed by atoms with Gasteiger partial charge < -0.3 is 4.74 Å². The van der Waals surface area contributed by atoms with E-state index in [1.807, 2.05) is 0 Å². The Labute approximate surface area is 106 Å². The zero-order valence-corrected chi connectivity index (χ0v) is 9.96. The molecule has 18 heavy (non-hydrogen) atoms. The van der Waals surface area contributed by atoms with Crippen molar-refractivity contribution in [2.75, 3.05) is 17.3 Å². The van der Waals surface area contributed by atoms with Gasteiger partial charge in [-0.05, 0) is 24.3 Å². The van der Waals surface area contributed by atoms with Gasteiger partial charge >= 0.3 is 6.36 Å². The molecule has 0 saturated heterocycles. The number of hydrogen-bond acceptors (Lipinski definition) is 5. The minimum absolute atomic E-state index is 0.277. The molecule has 1 aliphatic rings. The fraction of sp³-hybridized carbons (Fsp3) is 0.300. The van der Waals surface area contributed by atoms with Crippen molar-refractivity contribution < 1.29 is 17.9 Å². The Morgan fingerprint density at radius 2 is 1.94 bits per heavy atom. The number of benzene rings is 1. The summed E-state index contributed by atoms with van der Waals surface area (Å²) in [4.78, 5) is 4.16. The summed E-state index contributed by atoms with van der Waals surface area (Å²) in [6.07, 6.45) is -4.69. The number of hydrogen-bond donors (Lipinski definition) is 1. The van der Waals surface area contributed by atoms with Crippen LogP contribution >= 0.6 is 11.8 Å². The van der Waals surface area contributed by atoms with Crippen molar-refractivity contribution in [1.29, 1.82) is 0 Å². The zero-order chi connectivity index (χ0) is 13.2. The average molecular weight is 277 g/mol. The first-order valence-electron chi connectivity index (χ1n) is 5.03. The number of nitrogens with zero attached hydrogens (tertiary/aromatic N) is 2. The molecular weight excluding hydrogens is 267 g/mol. The van der Waals surface area contributed by atoms with Crippen LogP contribution in [0.2, 0.25) is 0 Å². The van der Waals surface area contributed by atoms with E-state index in [2.05, 4.69) is 9.73 Å². The Hall–Kier alpha value is -1.41. The molecule has 0 fully saturated rings. The van der Waals surface area contributed by atoms with Crippen LogP contribution in [0.4, 0.5) is 18.9 Å². The molecular formula is C10H10F3N3OS. The molecule has 0 bridgehead atoms. The number of hydrazine groups is 1. The van der Waals surface area contributed by atoms with Gasteiger partial charge in [-0.25, -0.2) is 5.84 Å². The van der Waals surface area contributed by atoms with Gasteiger partial charge in [-0.15, -0.1) is 13.2 Å². The Balaban J connectivity index is 2.07. The quantitative estimate of drug-likeness (QED) is 0.666.